The lowest BCUT2D eigenvalue weighted by Crippen LogP contribution is -2.19. The van der Waals surface area contributed by atoms with E-state index < -0.39 is 0 Å². The summed E-state index contributed by atoms with van der Waals surface area (Å²) < 4.78 is 0. The fraction of sp³-hybridized carbons (Fsp3) is 0.714. The van der Waals surface area contributed by atoms with Gasteiger partial charge in [0.1, 0.15) is 0 Å². The van der Waals surface area contributed by atoms with Crippen LogP contribution in [0.25, 0.3) is 0 Å². The van der Waals surface area contributed by atoms with Crippen molar-refractivity contribution in [1.82, 2.24) is 5.32 Å². The molecule has 0 aliphatic carbocycles. The Kier molecular flexibility index (Phi) is 4.14. The van der Waals surface area contributed by atoms with E-state index in [4.69, 9.17) is 5.11 Å². The first-order valence-electron chi connectivity index (χ1n) is 3.22. The van der Waals surface area contributed by atoms with Crippen LogP contribution in [0.5, 0.6) is 0 Å². The number of nitrogens with one attached hydrogen (secondary N) is 1. The monoisotopic (exact) mass is 129 g/mol. The molecule has 0 saturated carbocycles. The van der Waals surface area contributed by atoms with Crippen LogP contribution in [-0.2, 0) is 0 Å². The van der Waals surface area contributed by atoms with Crippen molar-refractivity contribution in [2.45, 2.75) is 13.8 Å². The summed E-state index contributed by atoms with van der Waals surface area (Å²) in [7, 11) is 0. The van der Waals surface area contributed by atoms with Gasteiger partial charge in [-0.3, -0.25) is 0 Å². The van der Waals surface area contributed by atoms with E-state index in [-0.39, 0.29) is 6.61 Å². The average molecular weight is 129 g/mol. The zero-order valence-electron chi connectivity index (χ0n) is 6.15. The molecule has 0 saturated heterocycles. The molecule has 0 aliphatic rings. The van der Waals surface area contributed by atoms with Crippen molar-refractivity contribution in [3.05, 3.63) is 12.3 Å². The van der Waals surface area contributed by atoms with Gasteiger partial charge in [0.2, 0.25) is 0 Å². The highest BCUT2D eigenvalue weighted by molar-refractivity contribution is 4.93. The van der Waals surface area contributed by atoms with Gasteiger partial charge in [-0.25, -0.2) is 0 Å². The molecule has 54 valence electrons. The van der Waals surface area contributed by atoms with Crippen molar-refractivity contribution in [3.63, 3.8) is 0 Å². The van der Waals surface area contributed by atoms with Crippen molar-refractivity contribution in [1.29, 1.82) is 0 Å². The largest absolute Gasteiger partial charge is 0.395 e. The number of allylic oxidation sites excluding steroid dienone is 1. The van der Waals surface area contributed by atoms with Gasteiger partial charge < -0.3 is 10.4 Å². The fourth-order valence-electron chi connectivity index (χ4n) is 0.421. The molecule has 0 rings (SSSR count). The van der Waals surface area contributed by atoms with Crippen LogP contribution in [0.4, 0.5) is 0 Å². The maximum absolute atomic E-state index is 8.39. The molecule has 0 atom stereocenters. The molecule has 2 heteroatoms. The van der Waals surface area contributed by atoms with Crippen LogP contribution in [0.3, 0.4) is 0 Å². The molecule has 0 spiro atoms. The molecule has 0 aromatic heterocycles. The lowest BCUT2D eigenvalue weighted by molar-refractivity contribution is 0.295. The van der Waals surface area contributed by atoms with Crippen molar-refractivity contribution in [2.75, 3.05) is 13.2 Å². The van der Waals surface area contributed by atoms with Gasteiger partial charge in [0.25, 0.3) is 0 Å². The lowest BCUT2D eigenvalue weighted by atomic mass is 10.1. The Labute approximate surface area is 56.6 Å². The van der Waals surface area contributed by atoms with Crippen LogP contribution in [0, 0.1) is 5.92 Å². The molecule has 0 radical (unpaired) electrons. The second-order valence-corrected chi connectivity index (χ2v) is 2.33. The first-order valence-corrected chi connectivity index (χ1v) is 3.22. The lowest BCUT2D eigenvalue weighted by Gasteiger charge is -2.10. The molecule has 0 aromatic rings. The number of hydrogen-bond acceptors (Lipinski definition) is 2. The second kappa shape index (κ2) is 4.39. The van der Waals surface area contributed by atoms with Crippen LogP contribution >= 0.6 is 0 Å². The van der Waals surface area contributed by atoms with E-state index in [9.17, 15) is 0 Å². The summed E-state index contributed by atoms with van der Waals surface area (Å²) in [5.74, 6) is 0.455. The molecular formula is C7H15NO. The Bertz CT molecular complexity index is 88.9. The predicted octanol–water partition coefficient (Wildman–Crippen LogP) is 0.738. The summed E-state index contributed by atoms with van der Waals surface area (Å²) in [5, 5.41) is 11.4. The number of aliphatic hydroxyl groups excluding tert-OH is 1. The Hall–Kier alpha value is -0.500. The van der Waals surface area contributed by atoms with Crippen molar-refractivity contribution in [2.24, 2.45) is 5.92 Å². The molecule has 2 N–H and O–H groups in total. The smallest absolute Gasteiger partial charge is 0.0603 e. The second-order valence-electron chi connectivity index (χ2n) is 2.33. The van der Waals surface area contributed by atoms with Gasteiger partial charge in [-0.05, 0) is 5.92 Å². The summed E-state index contributed by atoms with van der Waals surface area (Å²) in [4.78, 5) is 0. The average Bonchev–Trinajstić information content (AvgIpc) is 1.82. The Morgan fingerprint density at radius 2 is 2.22 bits per heavy atom. The molecule has 0 aromatic carbocycles. The van der Waals surface area contributed by atoms with E-state index in [1.807, 2.05) is 0 Å². The van der Waals surface area contributed by atoms with E-state index >= 15 is 0 Å². The summed E-state index contributed by atoms with van der Waals surface area (Å²) in [5.41, 5.74) is 0.990. The highest BCUT2D eigenvalue weighted by Gasteiger charge is 1.95. The predicted molar refractivity (Wildman–Crippen MR) is 39.1 cm³/mol. The minimum atomic E-state index is 0.172. The first-order chi connectivity index (χ1) is 4.18. The van der Waals surface area contributed by atoms with Gasteiger partial charge in [-0.2, -0.15) is 0 Å². The Balaban J connectivity index is 3.28. The minimum Gasteiger partial charge on any atom is -0.395 e. The molecule has 0 amide bonds. The van der Waals surface area contributed by atoms with Crippen LogP contribution in [0.1, 0.15) is 13.8 Å². The van der Waals surface area contributed by atoms with Gasteiger partial charge in [0.05, 0.1) is 6.61 Å². The van der Waals surface area contributed by atoms with Gasteiger partial charge >= 0.3 is 0 Å². The fourth-order valence-corrected chi connectivity index (χ4v) is 0.421. The quantitative estimate of drug-likeness (QED) is 0.586. The highest BCUT2D eigenvalue weighted by atomic mass is 16.3. The van der Waals surface area contributed by atoms with Crippen molar-refractivity contribution >= 4 is 0 Å². The van der Waals surface area contributed by atoms with E-state index in [0.717, 1.165) is 5.70 Å². The van der Waals surface area contributed by atoms with E-state index in [0.29, 0.717) is 12.5 Å². The van der Waals surface area contributed by atoms with Gasteiger partial charge in [-0.1, -0.05) is 20.4 Å². The maximum Gasteiger partial charge on any atom is 0.0603 e. The zero-order chi connectivity index (χ0) is 7.28. The number of aliphatic hydroxyl groups is 1. The SMILES string of the molecule is C=C(NCCO)C(C)C. The topological polar surface area (TPSA) is 32.3 Å². The van der Waals surface area contributed by atoms with E-state index in [1.165, 1.54) is 0 Å². The Morgan fingerprint density at radius 3 is 2.56 bits per heavy atom. The molecular weight excluding hydrogens is 114 g/mol. The minimum absolute atomic E-state index is 0.172. The van der Waals surface area contributed by atoms with Crippen LogP contribution in [-0.4, -0.2) is 18.3 Å². The normalized spacial score (nSPS) is 9.78. The number of rotatable bonds is 4. The van der Waals surface area contributed by atoms with Crippen LogP contribution in [0.15, 0.2) is 12.3 Å². The molecule has 0 unspecified atom stereocenters. The third kappa shape index (κ3) is 4.03. The van der Waals surface area contributed by atoms with Gasteiger partial charge in [-0.15, -0.1) is 0 Å². The third-order valence-electron chi connectivity index (χ3n) is 1.16. The van der Waals surface area contributed by atoms with Gasteiger partial charge in [0, 0.05) is 12.2 Å². The van der Waals surface area contributed by atoms with Gasteiger partial charge in [0.15, 0.2) is 0 Å². The zero-order valence-corrected chi connectivity index (χ0v) is 6.15. The maximum atomic E-state index is 8.39. The highest BCUT2D eigenvalue weighted by Crippen LogP contribution is 2.00. The standard InChI is InChI=1S/C7H15NO/c1-6(2)7(3)8-4-5-9/h6,8-9H,3-5H2,1-2H3. The molecule has 0 bridgehead atoms. The molecule has 2 nitrogen and oxygen atoms in total. The van der Waals surface area contributed by atoms with Crippen LogP contribution < -0.4 is 5.32 Å². The summed E-state index contributed by atoms with van der Waals surface area (Å²) >= 11 is 0. The number of hydrogen-bond donors (Lipinski definition) is 2. The molecule has 0 fully saturated rings. The summed E-state index contributed by atoms with van der Waals surface area (Å²) in [6.45, 7) is 8.67. The van der Waals surface area contributed by atoms with E-state index in [2.05, 4.69) is 25.7 Å². The Morgan fingerprint density at radius 1 is 1.67 bits per heavy atom. The summed E-state index contributed by atoms with van der Waals surface area (Å²) in [6.07, 6.45) is 0. The third-order valence-corrected chi connectivity index (χ3v) is 1.16. The molecule has 0 heterocycles. The first kappa shape index (κ1) is 8.50. The van der Waals surface area contributed by atoms with Crippen molar-refractivity contribution in [3.8, 4) is 0 Å². The van der Waals surface area contributed by atoms with Crippen LogP contribution in [0.2, 0.25) is 0 Å². The molecule has 9 heavy (non-hydrogen) atoms. The molecule has 0 aliphatic heterocycles. The summed E-state index contributed by atoms with van der Waals surface area (Å²) in [6, 6.07) is 0. The van der Waals surface area contributed by atoms with E-state index in [1.54, 1.807) is 0 Å². The van der Waals surface area contributed by atoms with Crippen molar-refractivity contribution < 1.29 is 5.11 Å².